The number of aliphatic hydroxyl groups excluding tert-OH is 1. The molecule has 0 saturated heterocycles. The summed E-state index contributed by atoms with van der Waals surface area (Å²) in [6.45, 7) is 0. The van der Waals surface area contributed by atoms with Crippen LogP contribution in [0.3, 0.4) is 0 Å². The normalized spacial score (nSPS) is 23.5. The van der Waals surface area contributed by atoms with E-state index < -0.39 is 6.29 Å². The number of rotatable bonds is 0. The number of fused-ring (bicyclic) bond motifs is 1. The van der Waals surface area contributed by atoms with Crippen molar-refractivity contribution in [2.45, 2.75) is 6.29 Å². The molecule has 1 atom stereocenters. The van der Waals surface area contributed by atoms with Crippen LogP contribution < -0.4 is 21.6 Å². The average Bonchev–Trinajstić information content (AvgIpc) is 2.34. The van der Waals surface area contributed by atoms with E-state index in [1.165, 1.54) is 3.57 Å². The SMILES string of the molecule is OC1O[I-]c2ccccc21. The zero-order valence-corrected chi connectivity index (χ0v) is 7.28. The van der Waals surface area contributed by atoms with Crippen molar-refractivity contribution >= 4 is 0 Å². The summed E-state index contributed by atoms with van der Waals surface area (Å²) in [5, 5.41) is 9.19. The van der Waals surface area contributed by atoms with E-state index in [-0.39, 0.29) is 21.6 Å². The van der Waals surface area contributed by atoms with Gasteiger partial charge in [0, 0.05) is 0 Å². The number of hydrogen-bond donors (Lipinski definition) is 1. The Bertz CT molecular complexity index is 249. The fourth-order valence-corrected chi connectivity index (χ4v) is 2.73. The van der Waals surface area contributed by atoms with E-state index in [4.69, 9.17) is 3.07 Å². The molecule has 3 heteroatoms. The number of benzene rings is 1. The summed E-state index contributed by atoms with van der Waals surface area (Å²) in [6, 6.07) is 7.81. The minimum absolute atomic E-state index is 0.368. The number of hydrogen-bond acceptors (Lipinski definition) is 2. The van der Waals surface area contributed by atoms with Gasteiger partial charge in [-0.2, -0.15) is 0 Å². The van der Waals surface area contributed by atoms with Crippen LogP contribution in [0.15, 0.2) is 24.3 Å². The van der Waals surface area contributed by atoms with Gasteiger partial charge in [0.15, 0.2) is 0 Å². The molecule has 2 rings (SSSR count). The summed E-state index contributed by atoms with van der Waals surface area (Å²) in [4.78, 5) is 0. The molecule has 1 aromatic carbocycles. The molecule has 1 aliphatic heterocycles. The quantitative estimate of drug-likeness (QED) is 0.533. The van der Waals surface area contributed by atoms with Crippen LogP contribution in [0.1, 0.15) is 11.9 Å². The molecule has 54 valence electrons. The van der Waals surface area contributed by atoms with Crippen molar-refractivity contribution in [2.24, 2.45) is 0 Å². The third kappa shape index (κ3) is 0.941. The molecular weight excluding hydrogens is 243 g/mol. The van der Waals surface area contributed by atoms with E-state index >= 15 is 0 Å². The van der Waals surface area contributed by atoms with E-state index in [9.17, 15) is 5.11 Å². The minimum atomic E-state index is -0.649. The second kappa shape index (κ2) is 2.48. The van der Waals surface area contributed by atoms with Crippen molar-refractivity contribution in [3.63, 3.8) is 0 Å². The van der Waals surface area contributed by atoms with Crippen LogP contribution in [0.2, 0.25) is 0 Å². The molecule has 0 fully saturated rings. The molecule has 10 heavy (non-hydrogen) atoms. The summed E-state index contributed by atoms with van der Waals surface area (Å²) >= 11 is -0.368. The molecule has 0 bridgehead atoms. The molecule has 0 saturated carbocycles. The van der Waals surface area contributed by atoms with Crippen LogP contribution in [0.25, 0.3) is 0 Å². The fourth-order valence-electron chi connectivity index (χ4n) is 0.884. The third-order valence-corrected chi connectivity index (χ3v) is 3.58. The second-order valence-electron chi connectivity index (χ2n) is 2.04. The Morgan fingerprint density at radius 3 is 3.00 bits per heavy atom. The van der Waals surface area contributed by atoms with Crippen molar-refractivity contribution in [1.29, 1.82) is 0 Å². The first-order chi connectivity index (χ1) is 4.88. The predicted octanol–water partition coefficient (Wildman–Crippen LogP) is -2.12. The summed E-state index contributed by atoms with van der Waals surface area (Å²) < 4.78 is 6.29. The molecule has 1 aromatic rings. The number of halogens is 1. The maximum atomic E-state index is 9.19. The topological polar surface area (TPSA) is 29.5 Å². The first-order valence-corrected chi connectivity index (χ1v) is 4.91. The Balaban J connectivity index is 2.51. The van der Waals surface area contributed by atoms with Gasteiger partial charge >= 0.3 is 69.5 Å². The van der Waals surface area contributed by atoms with E-state index in [0.717, 1.165) is 5.56 Å². The molecule has 0 spiro atoms. The van der Waals surface area contributed by atoms with E-state index in [2.05, 4.69) is 0 Å². The van der Waals surface area contributed by atoms with E-state index in [1.54, 1.807) is 0 Å². The summed E-state index contributed by atoms with van der Waals surface area (Å²) in [5.74, 6) is 0. The van der Waals surface area contributed by atoms with Gasteiger partial charge in [0.25, 0.3) is 0 Å². The van der Waals surface area contributed by atoms with Crippen molar-refractivity contribution < 1.29 is 29.8 Å². The fraction of sp³-hybridized carbons (Fsp3) is 0.143. The van der Waals surface area contributed by atoms with Crippen molar-refractivity contribution in [3.05, 3.63) is 33.4 Å². The van der Waals surface area contributed by atoms with Crippen LogP contribution in [-0.4, -0.2) is 5.11 Å². The van der Waals surface area contributed by atoms with Crippen LogP contribution >= 0.6 is 0 Å². The Labute approximate surface area is 69.6 Å². The van der Waals surface area contributed by atoms with Gasteiger partial charge in [-0.1, -0.05) is 0 Å². The molecule has 2 nitrogen and oxygen atoms in total. The molecule has 0 aliphatic carbocycles. The third-order valence-electron chi connectivity index (χ3n) is 1.38. The molecule has 1 unspecified atom stereocenters. The van der Waals surface area contributed by atoms with Gasteiger partial charge in [0.05, 0.1) is 0 Å². The number of aliphatic hydroxyl groups is 1. The van der Waals surface area contributed by atoms with Gasteiger partial charge < -0.3 is 0 Å². The van der Waals surface area contributed by atoms with E-state index in [1.807, 2.05) is 24.3 Å². The Morgan fingerprint density at radius 2 is 2.20 bits per heavy atom. The molecule has 1 N–H and O–H groups in total. The monoisotopic (exact) mass is 249 g/mol. The van der Waals surface area contributed by atoms with Crippen molar-refractivity contribution in [3.8, 4) is 0 Å². The first kappa shape index (κ1) is 6.57. The Morgan fingerprint density at radius 1 is 1.40 bits per heavy atom. The van der Waals surface area contributed by atoms with Crippen LogP contribution in [-0.2, 0) is 3.07 Å². The van der Waals surface area contributed by atoms with Gasteiger partial charge in [-0.05, 0) is 0 Å². The zero-order chi connectivity index (χ0) is 6.97. The van der Waals surface area contributed by atoms with E-state index in [0.29, 0.717) is 0 Å². The average molecular weight is 249 g/mol. The van der Waals surface area contributed by atoms with Gasteiger partial charge in [0.2, 0.25) is 0 Å². The summed E-state index contributed by atoms with van der Waals surface area (Å²) in [5.41, 5.74) is 0.954. The molecule has 1 aliphatic rings. The van der Waals surface area contributed by atoms with Crippen molar-refractivity contribution in [1.82, 2.24) is 0 Å². The molecule has 0 aromatic heterocycles. The Hall–Kier alpha value is -0.130. The summed E-state index contributed by atoms with van der Waals surface area (Å²) in [7, 11) is 0. The van der Waals surface area contributed by atoms with Gasteiger partial charge in [0.1, 0.15) is 0 Å². The van der Waals surface area contributed by atoms with Crippen LogP contribution in [0.4, 0.5) is 0 Å². The zero-order valence-electron chi connectivity index (χ0n) is 5.12. The molecule has 0 radical (unpaired) electrons. The second-order valence-corrected chi connectivity index (χ2v) is 4.15. The van der Waals surface area contributed by atoms with Crippen molar-refractivity contribution in [2.75, 3.05) is 0 Å². The first-order valence-electron chi connectivity index (χ1n) is 2.95. The Kier molecular flexibility index (Phi) is 1.63. The standard InChI is InChI=1S/C7H6IO2/c9-7-5-3-1-2-4-6(5)8-10-7/h1-4,7,9H/q-1. The van der Waals surface area contributed by atoms with Crippen LogP contribution in [0.5, 0.6) is 0 Å². The van der Waals surface area contributed by atoms with Gasteiger partial charge in [-0.3, -0.25) is 0 Å². The molecule has 0 amide bonds. The maximum absolute atomic E-state index is 9.19. The van der Waals surface area contributed by atoms with Gasteiger partial charge in [-0.25, -0.2) is 0 Å². The van der Waals surface area contributed by atoms with Gasteiger partial charge in [-0.15, -0.1) is 0 Å². The van der Waals surface area contributed by atoms with Crippen LogP contribution in [0, 0.1) is 3.57 Å². The molecule has 1 heterocycles. The predicted molar refractivity (Wildman–Crippen MR) is 31.2 cm³/mol. The summed E-state index contributed by atoms with van der Waals surface area (Å²) in [6.07, 6.45) is -0.649. The molecular formula is C7H6IO2-.